The maximum absolute atomic E-state index is 13.1. The van der Waals surface area contributed by atoms with E-state index in [1.165, 1.54) is 0 Å². The summed E-state index contributed by atoms with van der Waals surface area (Å²) >= 11 is 0. The van der Waals surface area contributed by atoms with E-state index in [9.17, 15) is 4.79 Å². The highest BCUT2D eigenvalue weighted by Gasteiger charge is 2.23. The van der Waals surface area contributed by atoms with Crippen molar-refractivity contribution in [2.45, 2.75) is 13.0 Å². The fraction of sp³-hybridized carbons (Fsp3) is 0.348. The lowest BCUT2D eigenvalue weighted by atomic mass is 10.1. The van der Waals surface area contributed by atoms with Gasteiger partial charge in [-0.1, -0.05) is 6.07 Å². The van der Waals surface area contributed by atoms with Crippen LogP contribution in [0, 0.1) is 0 Å². The molecule has 156 valence electrons. The molecule has 0 saturated carbocycles. The molecule has 0 radical (unpaired) electrons. The summed E-state index contributed by atoms with van der Waals surface area (Å²) in [6.07, 6.45) is 2.77. The molecule has 1 aromatic carbocycles. The van der Waals surface area contributed by atoms with E-state index in [4.69, 9.17) is 4.74 Å². The van der Waals surface area contributed by atoms with Crippen LogP contribution >= 0.6 is 0 Å². The number of amides is 1. The normalized spacial score (nSPS) is 15.1. The second-order valence-corrected chi connectivity index (χ2v) is 7.51. The van der Waals surface area contributed by atoms with Crippen LogP contribution in [-0.4, -0.2) is 63.8 Å². The van der Waals surface area contributed by atoms with Gasteiger partial charge in [-0.05, 0) is 48.9 Å². The van der Waals surface area contributed by atoms with Gasteiger partial charge in [-0.3, -0.25) is 19.4 Å². The Morgan fingerprint density at radius 2 is 1.90 bits per heavy atom. The van der Waals surface area contributed by atoms with Gasteiger partial charge in [-0.25, -0.2) is 0 Å². The number of aromatic nitrogens is 3. The van der Waals surface area contributed by atoms with Crippen molar-refractivity contribution in [3.05, 3.63) is 66.1 Å². The van der Waals surface area contributed by atoms with E-state index in [-0.39, 0.29) is 5.91 Å². The smallest absolute Gasteiger partial charge is 0.274 e. The van der Waals surface area contributed by atoms with E-state index in [1.807, 2.05) is 66.7 Å². The minimum absolute atomic E-state index is 0.00922. The third kappa shape index (κ3) is 4.52. The summed E-state index contributed by atoms with van der Waals surface area (Å²) in [4.78, 5) is 21.8. The minimum Gasteiger partial charge on any atom is -0.497 e. The van der Waals surface area contributed by atoms with Gasteiger partial charge in [0.1, 0.15) is 5.75 Å². The van der Waals surface area contributed by atoms with Gasteiger partial charge in [-0.15, -0.1) is 0 Å². The topological polar surface area (TPSA) is 63.5 Å². The van der Waals surface area contributed by atoms with Crippen molar-refractivity contribution in [3.8, 4) is 17.0 Å². The molecule has 1 saturated heterocycles. The van der Waals surface area contributed by atoms with Gasteiger partial charge in [0.25, 0.3) is 5.91 Å². The number of rotatable bonds is 5. The van der Waals surface area contributed by atoms with E-state index in [0.29, 0.717) is 12.2 Å². The van der Waals surface area contributed by atoms with Crippen LogP contribution < -0.4 is 4.74 Å². The van der Waals surface area contributed by atoms with Crippen LogP contribution in [0.15, 0.2) is 54.7 Å². The van der Waals surface area contributed by atoms with Gasteiger partial charge < -0.3 is 9.64 Å². The molecule has 0 unspecified atom stereocenters. The monoisotopic (exact) mass is 405 g/mol. The third-order valence-electron chi connectivity index (χ3n) is 5.47. The predicted molar refractivity (Wildman–Crippen MR) is 115 cm³/mol. The largest absolute Gasteiger partial charge is 0.497 e. The van der Waals surface area contributed by atoms with Crippen LogP contribution in [0.3, 0.4) is 0 Å². The molecule has 7 nitrogen and oxygen atoms in total. The summed E-state index contributed by atoms with van der Waals surface area (Å²) in [5.41, 5.74) is 3.46. The highest BCUT2D eigenvalue weighted by molar-refractivity contribution is 5.93. The average Bonchev–Trinajstić information content (AvgIpc) is 3.02. The number of carbonyl (C=O) groups is 1. The molecule has 1 fully saturated rings. The van der Waals surface area contributed by atoms with E-state index in [1.54, 1.807) is 11.8 Å². The first-order chi connectivity index (χ1) is 14.6. The molecule has 3 aromatic rings. The van der Waals surface area contributed by atoms with Gasteiger partial charge >= 0.3 is 0 Å². The highest BCUT2D eigenvalue weighted by Crippen LogP contribution is 2.23. The Morgan fingerprint density at radius 3 is 2.63 bits per heavy atom. The Morgan fingerprint density at radius 1 is 1.07 bits per heavy atom. The second kappa shape index (κ2) is 9.09. The zero-order valence-electron chi connectivity index (χ0n) is 17.5. The number of aryl methyl sites for hydroxylation is 1. The lowest BCUT2D eigenvalue weighted by Gasteiger charge is -2.21. The van der Waals surface area contributed by atoms with Crippen molar-refractivity contribution in [2.24, 2.45) is 7.05 Å². The lowest BCUT2D eigenvalue weighted by molar-refractivity contribution is 0.0754. The summed E-state index contributed by atoms with van der Waals surface area (Å²) in [7, 11) is 3.52. The standard InChI is InChI=1S/C23H27N5O2/c1-26-22(18-7-9-20(30-2)10-8-18)16-21(25-26)23(29)28-13-5-12-27(14-15-28)17-19-6-3-4-11-24-19/h3-4,6-11,16H,5,12-15,17H2,1-2H3. The molecule has 3 heterocycles. The summed E-state index contributed by atoms with van der Waals surface area (Å²) in [6, 6.07) is 15.6. The number of hydrogen-bond acceptors (Lipinski definition) is 5. The number of pyridine rings is 1. The maximum Gasteiger partial charge on any atom is 0.274 e. The Labute approximate surface area is 176 Å². The first-order valence-corrected chi connectivity index (χ1v) is 10.2. The first kappa shape index (κ1) is 20.1. The summed E-state index contributed by atoms with van der Waals surface area (Å²) in [5, 5.41) is 4.49. The molecule has 2 aromatic heterocycles. The molecule has 4 rings (SSSR count). The van der Waals surface area contributed by atoms with Crippen molar-refractivity contribution < 1.29 is 9.53 Å². The van der Waals surface area contributed by atoms with Crippen LogP contribution in [0.5, 0.6) is 5.75 Å². The van der Waals surface area contributed by atoms with Crippen molar-refractivity contribution in [1.29, 1.82) is 0 Å². The number of nitrogens with zero attached hydrogens (tertiary/aromatic N) is 5. The fourth-order valence-electron chi connectivity index (χ4n) is 3.82. The third-order valence-corrected chi connectivity index (χ3v) is 5.47. The SMILES string of the molecule is COc1ccc(-c2cc(C(=O)N3CCCN(Cc4ccccn4)CC3)nn2C)cc1. The molecule has 0 aliphatic carbocycles. The van der Waals surface area contributed by atoms with Crippen molar-refractivity contribution in [1.82, 2.24) is 24.6 Å². The summed E-state index contributed by atoms with van der Waals surface area (Å²) < 4.78 is 6.99. The lowest BCUT2D eigenvalue weighted by Crippen LogP contribution is -2.35. The number of benzene rings is 1. The quantitative estimate of drug-likeness (QED) is 0.653. The molecular weight excluding hydrogens is 378 g/mol. The molecule has 1 amide bonds. The summed E-state index contributed by atoms with van der Waals surface area (Å²) in [5.74, 6) is 0.794. The van der Waals surface area contributed by atoms with E-state index in [2.05, 4.69) is 15.0 Å². The molecule has 1 aliphatic rings. The molecular formula is C23H27N5O2. The Balaban J connectivity index is 1.43. The van der Waals surface area contributed by atoms with Crippen LogP contribution in [0.1, 0.15) is 22.6 Å². The Kier molecular flexibility index (Phi) is 6.09. The molecule has 0 spiro atoms. The Hall–Kier alpha value is -3.19. The van der Waals surface area contributed by atoms with Gasteiger partial charge in [0.15, 0.2) is 5.69 Å². The number of carbonyl (C=O) groups excluding carboxylic acids is 1. The molecule has 0 bridgehead atoms. The molecule has 1 aliphatic heterocycles. The van der Waals surface area contributed by atoms with Gasteiger partial charge in [0.05, 0.1) is 18.5 Å². The molecule has 7 heteroatoms. The van der Waals surface area contributed by atoms with Gasteiger partial charge in [-0.2, -0.15) is 5.10 Å². The van der Waals surface area contributed by atoms with Crippen LogP contribution in [-0.2, 0) is 13.6 Å². The zero-order valence-corrected chi connectivity index (χ0v) is 17.5. The molecule has 0 atom stereocenters. The van der Waals surface area contributed by atoms with Gasteiger partial charge in [0.2, 0.25) is 0 Å². The highest BCUT2D eigenvalue weighted by atomic mass is 16.5. The van der Waals surface area contributed by atoms with Crippen LogP contribution in [0.25, 0.3) is 11.3 Å². The minimum atomic E-state index is -0.00922. The Bertz CT molecular complexity index is 985. The first-order valence-electron chi connectivity index (χ1n) is 10.2. The van der Waals surface area contributed by atoms with Gasteiger partial charge in [0, 0.05) is 51.5 Å². The van der Waals surface area contributed by atoms with E-state index < -0.39 is 0 Å². The van der Waals surface area contributed by atoms with Crippen molar-refractivity contribution >= 4 is 5.91 Å². The van der Waals surface area contributed by atoms with Crippen LogP contribution in [0.4, 0.5) is 0 Å². The average molecular weight is 406 g/mol. The van der Waals surface area contributed by atoms with E-state index in [0.717, 1.165) is 55.3 Å². The van der Waals surface area contributed by atoms with Crippen LogP contribution in [0.2, 0.25) is 0 Å². The number of hydrogen-bond donors (Lipinski definition) is 0. The van der Waals surface area contributed by atoms with Crippen molar-refractivity contribution in [2.75, 3.05) is 33.3 Å². The zero-order chi connectivity index (χ0) is 20.9. The molecule has 0 N–H and O–H groups in total. The molecule has 30 heavy (non-hydrogen) atoms. The number of methoxy groups -OCH3 is 1. The predicted octanol–water partition coefficient (Wildman–Crippen LogP) is 2.84. The second-order valence-electron chi connectivity index (χ2n) is 7.51. The number of ether oxygens (including phenoxy) is 1. The van der Waals surface area contributed by atoms with Crippen molar-refractivity contribution in [3.63, 3.8) is 0 Å². The maximum atomic E-state index is 13.1. The summed E-state index contributed by atoms with van der Waals surface area (Å²) in [6.45, 7) is 4.04. The van der Waals surface area contributed by atoms with E-state index >= 15 is 0 Å². The fourth-order valence-corrected chi connectivity index (χ4v) is 3.82.